The van der Waals surface area contributed by atoms with Crippen LogP contribution >= 0.6 is 11.6 Å². The average molecular weight is 280 g/mol. The molecule has 6 heteroatoms. The first kappa shape index (κ1) is 14.4. The molecule has 0 radical (unpaired) electrons. The molecule has 0 saturated carbocycles. The van der Waals surface area contributed by atoms with Crippen LogP contribution in [0.2, 0.25) is 5.02 Å². The second-order valence-corrected chi connectivity index (χ2v) is 6.50. The quantitative estimate of drug-likeness (QED) is 0.921. The van der Waals surface area contributed by atoms with Gasteiger partial charge < -0.3 is 0 Å². The summed E-state index contributed by atoms with van der Waals surface area (Å²) in [6.45, 7) is 5.30. The number of benzene rings is 1. The first-order valence-electron chi connectivity index (χ1n) is 5.17. The second kappa shape index (κ2) is 4.92. The molecule has 0 aromatic heterocycles. The van der Waals surface area contributed by atoms with E-state index in [1.54, 1.807) is 13.8 Å². The van der Waals surface area contributed by atoms with E-state index in [0.29, 0.717) is 6.42 Å². The molecule has 1 aromatic carbocycles. The van der Waals surface area contributed by atoms with Gasteiger partial charge in [-0.05, 0) is 38.5 Å². The molecule has 96 valence electrons. The van der Waals surface area contributed by atoms with Gasteiger partial charge in [0.05, 0.1) is 0 Å². The third kappa shape index (κ3) is 3.66. The number of hydrogen-bond donors (Lipinski definition) is 1. The molecule has 0 fully saturated rings. The third-order valence-corrected chi connectivity index (χ3v) is 4.43. The lowest BCUT2D eigenvalue weighted by Gasteiger charge is -2.24. The van der Waals surface area contributed by atoms with Gasteiger partial charge in [-0.1, -0.05) is 18.5 Å². The third-order valence-electron chi connectivity index (χ3n) is 2.48. The van der Waals surface area contributed by atoms with Crippen LogP contribution in [-0.4, -0.2) is 14.0 Å². The fourth-order valence-corrected chi connectivity index (χ4v) is 3.00. The van der Waals surface area contributed by atoms with Crippen molar-refractivity contribution in [1.29, 1.82) is 0 Å². The first-order valence-corrected chi connectivity index (χ1v) is 7.03. The minimum absolute atomic E-state index is 0.182. The van der Waals surface area contributed by atoms with E-state index in [1.807, 2.05) is 6.92 Å². The highest BCUT2D eigenvalue weighted by Gasteiger charge is 2.27. The minimum atomic E-state index is -3.89. The Hall–Kier alpha value is -0.650. The lowest BCUT2D eigenvalue weighted by atomic mass is 10.0. The zero-order chi connectivity index (χ0) is 13.3. The minimum Gasteiger partial charge on any atom is -0.207 e. The molecule has 1 aromatic rings. The van der Waals surface area contributed by atoms with Crippen LogP contribution in [0.1, 0.15) is 27.2 Å². The van der Waals surface area contributed by atoms with Crippen molar-refractivity contribution in [3.63, 3.8) is 0 Å². The van der Waals surface area contributed by atoms with Crippen LogP contribution in [0.3, 0.4) is 0 Å². The SMILES string of the molecule is CCC(C)(C)NS(=O)(=O)c1cc(Cl)ccc1F. The molecule has 0 heterocycles. The summed E-state index contributed by atoms with van der Waals surface area (Å²) in [5.74, 6) is -0.811. The van der Waals surface area contributed by atoms with Crippen molar-refractivity contribution in [2.24, 2.45) is 0 Å². The monoisotopic (exact) mass is 279 g/mol. The zero-order valence-electron chi connectivity index (χ0n) is 9.92. The molecule has 0 aliphatic carbocycles. The molecule has 0 aliphatic heterocycles. The Morgan fingerprint density at radius 3 is 2.53 bits per heavy atom. The van der Waals surface area contributed by atoms with Gasteiger partial charge in [0, 0.05) is 10.6 Å². The number of hydrogen-bond acceptors (Lipinski definition) is 2. The molecule has 1 N–H and O–H groups in total. The molecule has 3 nitrogen and oxygen atoms in total. The standard InChI is InChI=1S/C11H15ClFNO2S/c1-4-11(2,3)14-17(15,16)10-7-8(12)5-6-9(10)13/h5-7,14H,4H2,1-3H3. The predicted octanol–water partition coefficient (Wildman–Crippen LogP) is 2.95. The number of sulfonamides is 1. The fourth-order valence-electron chi connectivity index (χ4n) is 1.17. The van der Waals surface area contributed by atoms with E-state index in [-0.39, 0.29) is 5.02 Å². The van der Waals surface area contributed by atoms with Gasteiger partial charge in [-0.2, -0.15) is 0 Å². The van der Waals surface area contributed by atoms with Crippen LogP contribution in [0.4, 0.5) is 4.39 Å². The van der Waals surface area contributed by atoms with Crippen molar-refractivity contribution in [2.75, 3.05) is 0 Å². The largest absolute Gasteiger partial charge is 0.244 e. The van der Waals surface area contributed by atoms with Crippen molar-refractivity contribution in [3.05, 3.63) is 29.0 Å². The maximum absolute atomic E-state index is 13.5. The predicted molar refractivity (Wildman–Crippen MR) is 66.1 cm³/mol. The molecule has 0 saturated heterocycles. The summed E-state index contributed by atoms with van der Waals surface area (Å²) in [7, 11) is -3.89. The number of halogens is 2. The molecule has 0 unspecified atom stereocenters. The Labute approximate surface area is 106 Å². The van der Waals surface area contributed by atoms with Gasteiger partial charge in [0.25, 0.3) is 0 Å². The van der Waals surface area contributed by atoms with E-state index >= 15 is 0 Å². The molecule has 0 spiro atoms. The number of nitrogens with one attached hydrogen (secondary N) is 1. The lowest BCUT2D eigenvalue weighted by molar-refractivity contribution is 0.437. The fraction of sp³-hybridized carbons (Fsp3) is 0.455. The van der Waals surface area contributed by atoms with E-state index < -0.39 is 26.3 Å². The summed E-state index contributed by atoms with van der Waals surface area (Å²) < 4.78 is 39.8. The van der Waals surface area contributed by atoms with Crippen LogP contribution in [0.25, 0.3) is 0 Å². The van der Waals surface area contributed by atoms with Gasteiger partial charge in [-0.3, -0.25) is 0 Å². The molecule has 0 bridgehead atoms. The maximum atomic E-state index is 13.5. The molecular formula is C11H15ClFNO2S. The van der Waals surface area contributed by atoms with Crippen molar-refractivity contribution >= 4 is 21.6 Å². The van der Waals surface area contributed by atoms with Crippen molar-refractivity contribution in [2.45, 2.75) is 37.6 Å². The Morgan fingerprint density at radius 1 is 1.41 bits per heavy atom. The van der Waals surface area contributed by atoms with Crippen molar-refractivity contribution in [1.82, 2.24) is 4.72 Å². The Balaban J connectivity index is 3.18. The molecule has 0 amide bonds. The summed E-state index contributed by atoms with van der Waals surface area (Å²) in [5, 5.41) is 0.182. The van der Waals surface area contributed by atoms with E-state index in [0.717, 1.165) is 12.1 Å². The summed E-state index contributed by atoms with van der Waals surface area (Å²) in [6, 6.07) is 3.45. The van der Waals surface area contributed by atoms with Crippen LogP contribution in [0, 0.1) is 5.82 Å². The van der Waals surface area contributed by atoms with E-state index in [1.165, 1.54) is 6.07 Å². The highest BCUT2D eigenvalue weighted by molar-refractivity contribution is 7.89. The van der Waals surface area contributed by atoms with E-state index in [4.69, 9.17) is 11.6 Å². The lowest BCUT2D eigenvalue weighted by Crippen LogP contribution is -2.42. The summed E-state index contributed by atoms with van der Waals surface area (Å²) >= 11 is 5.67. The smallest absolute Gasteiger partial charge is 0.207 e. The molecule has 1 rings (SSSR count). The summed E-state index contributed by atoms with van der Waals surface area (Å²) in [4.78, 5) is -0.425. The van der Waals surface area contributed by atoms with E-state index in [9.17, 15) is 12.8 Å². The topological polar surface area (TPSA) is 46.2 Å². The van der Waals surface area contributed by atoms with Crippen molar-refractivity contribution in [3.8, 4) is 0 Å². The van der Waals surface area contributed by atoms with Crippen molar-refractivity contribution < 1.29 is 12.8 Å². The van der Waals surface area contributed by atoms with Gasteiger partial charge >= 0.3 is 0 Å². The maximum Gasteiger partial charge on any atom is 0.244 e. The highest BCUT2D eigenvalue weighted by Crippen LogP contribution is 2.21. The Morgan fingerprint density at radius 2 is 2.00 bits per heavy atom. The Bertz CT molecular complexity index is 514. The second-order valence-electron chi connectivity index (χ2n) is 4.42. The highest BCUT2D eigenvalue weighted by atomic mass is 35.5. The Kier molecular flexibility index (Phi) is 4.17. The van der Waals surface area contributed by atoms with Gasteiger partial charge in [-0.15, -0.1) is 0 Å². The summed E-state index contributed by atoms with van der Waals surface area (Å²) in [6.07, 6.45) is 0.592. The average Bonchev–Trinajstić information content (AvgIpc) is 2.20. The number of rotatable bonds is 4. The van der Waals surface area contributed by atoms with Crippen LogP contribution in [0.5, 0.6) is 0 Å². The normalized spacial score (nSPS) is 12.8. The van der Waals surface area contributed by atoms with Crippen LogP contribution in [0.15, 0.2) is 23.1 Å². The van der Waals surface area contributed by atoms with Gasteiger partial charge in [0.15, 0.2) is 0 Å². The molecule has 0 aliphatic rings. The zero-order valence-corrected chi connectivity index (χ0v) is 11.5. The van der Waals surface area contributed by atoms with Gasteiger partial charge in [0.2, 0.25) is 10.0 Å². The van der Waals surface area contributed by atoms with Gasteiger partial charge in [-0.25, -0.2) is 17.5 Å². The van der Waals surface area contributed by atoms with Crippen LogP contribution in [-0.2, 0) is 10.0 Å². The molecular weight excluding hydrogens is 265 g/mol. The molecule has 17 heavy (non-hydrogen) atoms. The summed E-state index contributed by atoms with van der Waals surface area (Å²) in [5.41, 5.74) is -0.631. The van der Waals surface area contributed by atoms with Gasteiger partial charge in [0.1, 0.15) is 10.7 Å². The van der Waals surface area contributed by atoms with Crippen LogP contribution < -0.4 is 4.72 Å². The first-order chi connectivity index (χ1) is 7.68. The van der Waals surface area contributed by atoms with E-state index in [2.05, 4.69) is 4.72 Å². The molecule has 0 atom stereocenters.